The molecule has 1 aromatic rings. The molecule has 0 atom stereocenters. The second-order valence-corrected chi connectivity index (χ2v) is 6.23. The number of nitro groups is 1. The van der Waals surface area contributed by atoms with Gasteiger partial charge in [0.15, 0.2) is 0 Å². The first-order chi connectivity index (χ1) is 12.4. The van der Waals surface area contributed by atoms with Crippen molar-refractivity contribution < 1.29 is 14.5 Å². The van der Waals surface area contributed by atoms with E-state index in [1.807, 2.05) is 6.07 Å². The molecule has 6 nitrogen and oxygen atoms in total. The number of rotatable bonds is 11. The van der Waals surface area contributed by atoms with Crippen LogP contribution >= 0.6 is 0 Å². The lowest BCUT2D eigenvalue weighted by molar-refractivity contribution is -0.384. The monoisotopic (exact) mass is 362 g/mol. The molecule has 1 aromatic carbocycles. The fourth-order valence-electron chi connectivity index (χ4n) is 2.68. The number of unbranched alkanes of at least 4 members (excludes halogenated alkanes) is 2. The number of hydrogen-bond acceptors (Lipinski definition) is 5. The van der Waals surface area contributed by atoms with E-state index in [-0.39, 0.29) is 10.6 Å². The summed E-state index contributed by atoms with van der Waals surface area (Å²) in [6, 6.07) is 5.17. The number of hydrogen-bond donors (Lipinski definition) is 0. The topological polar surface area (TPSA) is 72.7 Å². The summed E-state index contributed by atoms with van der Waals surface area (Å²) in [4.78, 5) is 25.0. The Morgan fingerprint density at radius 2 is 1.81 bits per heavy atom. The standard InChI is InChI=1S/C20H30N2O4/c1-5-8-12-21(13-9-6-2)18-11-10-17(15-19(18)22(24)25)16(4)14-20(23)26-7-3/h10-11,14-15H,5-9,12-13H2,1-4H3/b16-14+. The second kappa shape index (κ2) is 11.3. The zero-order valence-electron chi connectivity index (χ0n) is 16.3. The van der Waals surface area contributed by atoms with Crippen LogP contribution in [0.25, 0.3) is 5.57 Å². The molecule has 0 amide bonds. The van der Waals surface area contributed by atoms with Gasteiger partial charge < -0.3 is 9.64 Å². The smallest absolute Gasteiger partial charge is 0.331 e. The Hall–Kier alpha value is -2.37. The number of carbonyl (C=O) groups is 1. The predicted molar refractivity (Wildman–Crippen MR) is 105 cm³/mol. The van der Waals surface area contributed by atoms with E-state index in [4.69, 9.17) is 4.74 Å². The number of benzene rings is 1. The van der Waals surface area contributed by atoms with Crippen molar-refractivity contribution >= 4 is 22.9 Å². The van der Waals surface area contributed by atoms with Crippen molar-refractivity contribution in [2.24, 2.45) is 0 Å². The van der Waals surface area contributed by atoms with Gasteiger partial charge >= 0.3 is 5.97 Å². The molecule has 0 radical (unpaired) electrons. The number of esters is 1. The van der Waals surface area contributed by atoms with Gasteiger partial charge in [-0.3, -0.25) is 10.1 Å². The van der Waals surface area contributed by atoms with Crippen molar-refractivity contribution in [3.8, 4) is 0 Å². The van der Waals surface area contributed by atoms with Crippen LogP contribution in [-0.4, -0.2) is 30.6 Å². The molecular formula is C20H30N2O4. The van der Waals surface area contributed by atoms with E-state index < -0.39 is 5.97 Å². The van der Waals surface area contributed by atoms with E-state index in [0.29, 0.717) is 23.4 Å². The fraction of sp³-hybridized carbons (Fsp3) is 0.550. The molecular weight excluding hydrogens is 332 g/mol. The van der Waals surface area contributed by atoms with Crippen LogP contribution in [0.5, 0.6) is 0 Å². The Labute approximate surface area is 156 Å². The molecule has 0 unspecified atom stereocenters. The molecule has 6 heteroatoms. The van der Waals surface area contributed by atoms with Gasteiger partial charge in [-0.25, -0.2) is 4.79 Å². The Balaban J connectivity index is 3.21. The largest absolute Gasteiger partial charge is 0.463 e. The van der Waals surface area contributed by atoms with Crippen molar-refractivity contribution in [2.45, 2.75) is 53.4 Å². The first-order valence-corrected chi connectivity index (χ1v) is 9.33. The Kier molecular flexibility index (Phi) is 9.41. The maximum Gasteiger partial charge on any atom is 0.331 e. The van der Waals surface area contributed by atoms with Crippen LogP contribution in [0, 0.1) is 10.1 Å². The van der Waals surface area contributed by atoms with E-state index in [9.17, 15) is 14.9 Å². The molecule has 0 aromatic heterocycles. The molecule has 0 fully saturated rings. The third-order valence-corrected chi connectivity index (χ3v) is 4.15. The van der Waals surface area contributed by atoms with Crippen molar-refractivity contribution in [3.05, 3.63) is 40.0 Å². The first kappa shape index (κ1) is 21.7. The molecule has 0 saturated heterocycles. The molecule has 0 aliphatic carbocycles. The highest BCUT2D eigenvalue weighted by Crippen LogP contribution is 2.32. The number of allylic oxidation sites excluding steroid dienone is 1. The number of nitro benzene ring substituents is 1. The quantitative estimate of drug-likeness (QED) is 0.240. The summed E-state index contributed by atoms with van der Waals surface area (Å²) in [5, 5.41) is 11.6. The lowest BCUT2D eigenvalue weighted by Crippen LogP contribution is -2.26. The summed E-state index contributed by atoms with van der Waals surface area (Å²) in [6.07, 6.45) is 5.43. The van der Waals surface area contributed by atoms with Crippen LogP contribution in [-0.2, 0) is 9.53 Å². The highest BCUT2D eigenvalue weighted by atomic mass is 16.6. The normalized spacial score (nSPS) is 11.3. The second-order valence-electron chi connectivity index (χ2n) is 6.23. The summed E-state index contributed by atoms with van der Waals surface area (Å²) in [5.41, 5.74) is 2.02. The molecule has 0 aliphatic heterocycles. The molecule has 0 saturated carbocycles. The maximum atomic E-state index is 11.6. The van der Waals surface area contributed by atoms with Gasteiger partial charge in [-0.05, 0) is 43.9 Å². The molecule has 0 spiro atoms. The highest BCUT2D eigenvalue weighted by Gasteiger charge is 2.20. The zero-order chi connectivity index (χ0) is 19.5. The van der Waals surface area contributed by atoms with Gasteiger partial charge in [-0.2, -0.15) is 0 Å². The van der Waals surface area contributed by atoms with Crippen molar-refractivity contribution in [3.63, 3.8) is 0 Å². The SMILES string of the molecule is CCCCN(CCCC)c1ccc(/C(C)=C/C(=O)OCC)cc1[N+](=O)[O-]. The van der Waals surface area contributed by atoms with Gasteiger partial charge in [-0.1, -0.05) is 32.8 Å². The average Bonchev–Trinajstić information content (AvgIpc) is 2.61. The van der Waals surface area contributed by atoms with Crippen LogP contribution in [0.3, 0.4) is 0 Å². The van der Waals surface area contributed by atoms with Crippen LogP contribution < -0.4 is 4.90 Å². The fourth-order valence-corrected chi connectivity index (χ4v) is 2.68. The van der Waals surface area contributed by atoms with E-state index in [0.717, 1.165) is 38.8 Å². The maximum absolute atomic E-state index is 11.6. The summed E-state index contributed by atoms with van der Waals surface area (Å²) in [7, 11) is 0. The first-order valence-electron chi connectivity index (χ1n) is 9.33. The van der Waals surface area contributed by atoms with E-state index >= 15 is 0 Å². The lowest BCUT2D eigenvalue weighted by Gasteiger charge is -2.24. The van der Waals surface area contributed by atoms with Crippen LogP contribution in [0.1, 0.15) is 58.9 Å². The summed E-state index contributed by atoms with van der Waals surface area (Å²) in [5.74, 6) is -0.441. The van der Waals surface area contributed by atoms with E-state index in [1.165, 1.54) is 6.08 Å². The molecule has 144 valence electrons. The summed E-state index contributed by atoms with van der Waals surface area (Å²) >= 11 is 0. The summed E-state index contributed by atoms with van der Waals surface area (Å²) in [6.45, 7) is 9.61. The summed E-state index contributed by atoms with van der Waals surface area (Å²) < 4.78 is 4.90. The minimum absolute atomic E-state index is 0.0753. The third kappa shape index (κ3) is 6.50. The highest BCUT2D eigenvalue weighted by molar-refractivity contribution is 5.91. The van der Waals surface area contributed by atoms with Crippen LogP contribution in [0.2, 0.25) is 0 Å². The van der Waals surface area contributed by atoms with Crippen LogP contribution in [0.15, 0.2) is 24.3 Å². The van der Waals surface area contributed by atoms with Crippen molar-refractivity contribution in [1.82, 2.24) is 0 Å². The van der Waals surface area contributed by atoms with Gasteiger partial charge in [0.25, 0.3) is 5.69 Å². The van der Waals surface area contributed by atoms with Gasteiger partial charge in [-0.15, -0.1) is 0 Å². The Bertz CT molecular complexity index is 633. The Morgan fingerprint density at radius 1 is 1.19 bits per heavy atom. The molecule has 0 aliphatic rings. The van der Waals surface area contributed by atoms with E-state index in [1.54, 1.807) is 26.0 Å². The third-order valence-electron chi connectivity index (χ3n) is 4.15. The molecule has 0 heterocycles. The van der Waals surface area contributed by atoms with Crippen LogP contribution in [0.4, 0.5) is 11.4 Å². The van der Waals surface area contributed by atoms with Gasteiger partial charge in [0.05, 0.1) is 11.5 Å². The average molecular weight is 362 g/mol. The molecule has 26 heavy (non-hydrogen) atoms. The van der Waals surface area contributed by atoms with Gasteiger partial charge in [0, 0.05) is 25.2 Å². The minimum Gasteiger partial charge on any atom is -0.463 e. The number of anilines is 1. The molecule has 1 rings (SSSR count). The van der Waals surface area contributed by atoms with Gasteiger partial charge in [0.1, 0.15) is 5.69 Å². The van der Waals surface area contributed by atoms with Crippen molar-refractivity contribution in [2.75, 3.05) is 24.6 Å². The molecule has 0 bridgehead atoms. The number of carbonyl (C=O) groups excluding carboxylic acids is 1. The minimum atomic E-state index is -0.441. The van der Waals surface area contributed by atoms with E-state index in [2.05, 4.69) is 18.7 Å². The van der Waals surface area contributed by atoms with Gasteiger partial charge in [0.2, 0.25) is 0 Å². The Morgan fingerprint density at radius 3 is 2.31 bits per heavy atom. The lowest BCUT2D eigenvalue weighted by atomic mass is 10.0. The zero-order valence-corrected chi connectivity index (χ0v) is 16.3. The number of nitrogens with zero attached hydrogens (tertiary/aromatic N) is 2. The number of ether oxygens (including phenoxy) is 1. The molecule has 0 N–H and O–H groups in total. The van der Waals surface area contributed by atoms with Crippen molar-refractivity contribution in [1.29, 1.82) is 0 Å². The predicted octanol–water partition coefficient (Wildman–Crippen LogP) is 4.97.